The van der Waals surface area contributed by atoms with Gasteiger partial charge in [0.2, 0.25) is 0 Å². The van der Waals surface area contributed by atoms with Gasteiger partial charge in [0, 0.05) is 18.7 Å². The third-order valence-electron chi connectivity index (χ3n) is 5.41. The van der Waals surface area contributed by atoms with Crippen LogP contribution in [0.15, 0.2) is 53.9 Å². The molecule has 0 unspecified atom stereocenters. The Morgan fingerprint density at radius 1 is 1.04 bits per heavy atom. The van der Waals surface area contributed by atoms with Crippen molar-refractivity contribution in [2.24, 2.45) is 0 Å². The molecule has 1 saturated heterocycles. The summed E-state index contributed by atoms with van der Waals surface area (Å²) in [4.78, 5) is 8.56. The van der Waals surface area contributed by atoms with Gasteiger partial charge in [-0.25, -0.2) is 0 Å². The number of nitrogens with zero attached hydrogens (tertiary/aromatic N) is 2. The van der Waals surface area contributed by atoms with E-state index in [0.29, 0.717) is 5.92 Å². The summed E-state index contributed by atoms with van der Waals surface area (Å²) in [7, 11) is 3.48. The van der Waals surface area contributed by atoms with Gasteiger partial charge >= 0.3 is 0 Å². The molecule has 0 radical (unpaired) electrons. The van der Waals surface area contributed by atoms with Crippen molar-refractivity contribution in [2.75, 3.05) is 27.3 Å². The Morgan fingerprint density at radius 2 is 1.86 bits per heavy atom. The van der Waals surface area contributed by atoms with Crippen LogP contribution in [0.25, 0.3) is 10.6 Å². The SMILES string of the molecule is COc1cc(CN2CCC(c3ccccc3OC)CC2)nc(-c2cccs2)c1. The van der Waals surface area contributed by atoms with Gasteiger partial charge in [-0.05, 0) is 54.9 Å². The number of rotatable bonds is 6. The molecular formula is C23H26N2O2S. The smallest absolute Gasteiger partial charge is 0.122 e. The van der Waals surface area contributed by atoms with Gasteiger partial charge < -0.3 is 9.47 Å². The predicted octanol–water partition coefficient (Wildman–Crippen LogP) is 5.21. The fourth-order valence-electron chi connectivity index (χ4n) is 3.94. The topological polar surface area (TPSA) is 34.6 Å². The molecule has 4 nitrogen and oxygen atoms in total. The van der Waals surface area contributed by atoms with E-state index in [1.807, 2.05) is 12.1 Å². The van der Waals surface area contributed by atoms with Crippen molar-refractivity contribution in [1.29, 1.82) is 0 Å². The van der Waals surface area contributed by atoms with Gasteiger partial charge in [0.15, 0.2) is 0 Å². The van der Waals surface area contributed by atoms with Crippen LogP contribution in [-0.2, 0) is 6.54 Å². The average Bonchev–Trinajstić information content (AvgIpc) is 3.29. The number of pyridine rings is 1. The molecule has 5 heteroatoms. The van der Waals surface area contributed by atoms with Gasteiger partial charge in [-0.15, -0.1) is 11.3 Å². The molecule has 0 N–H and O–H groups in total. The van der Waals surface area contributed by atoms with E-state index in [1.165, 1.54) is 10.4 Å². The first-order valence-corrected chi connectivity index (χ1v) is 10.6. The number of para-hydroxylation sites is 1. The molecule has 2 aromatic heterocycles. The Morgan fingerprint density at radius 3 is 2.57 bits per heavy atom. The standard InChI is InChI=1S/C23H26N2O2S/c1-26-19-14-18(24-21(15-19)23-8-5-13-28-23)16-25-11-9-17(10-12-25)20-6-3-4-7-22(20)27-2/h3-8,13-15,17H,9-12,16H2,1-2H3. The van der Waals surface area contributed by atoms with Crippen molar-refractivity contribution in [2.45, 2.75) is 25.3 Å². The zero-order valence-corrected chi connectivity index (χ0v) is 17.2. The number of hydrogen-bond donors (Lipinski definition) is 0. The maximum absolute atomic E-state index is 5.56. The van der Waals surface area contributed by atoms with E-state index in [0.717, 1.165) is 55.4 Å². The van der Waals surface area contributed by atoms with Crippen molar-refractivity contribution < 1.29 is 9.47 Å². The van der Waals surface area contributed by atoms with Crippen LogP contribution in [0.2, 0.25) is 0 Å². The summed E-state index contributed by atoms with van der Waals surface area (Å²) in [5.74, 6) is 2.45. The summed E-state index contributed by atoms with van der Waals surface area (Å²) >= 11 is 1.71. The van der Waals surface area contributed by atoms with E-state index in [1.54, 1.807) is 25.6 Å². The third-order valence-corrected chi connectivity index (χ3v) is 6.31. The van der Waals surface area contributed by atoms with Crippen molar-refractivity contribution in [3.05, 3.63) is 65.2 Å². The molecule has 0 spiro atoms. The molecule has 0 atom stereocenters. The lowest BCUT2D eigenvalue weighted by Gasteiger charge is -2.32. The van der Waals surface area contributed by atoms with E-state index in [4.69, 9.17) is 14.5 Å². The largest absolute Gasteiger partial charge is 0.497 e. The average molecular weight is 395 g/mol. The monoisotopic (exact) mass is 394 g/mol. The van der Waals surface area contributed by atoms with Gasteiger partial charge in [0.1, 0.15) is 11.5 Å². The summed E-state index contributed by atoms with van der Waals surface area (Å²) in [6, 6.07) is 16.7. The van der Waals surface area contributed by atoms with Gasteiger partial charge in [-0.3, -0.25) is 9.88 Å². The highest BCUT2D eigenvalue weighted by atomic mass is 32.1. The highest BCUT2D eigenvalue weighted by molar-refractivity contribution is 7.13. The summed E-state index contributed by atoms with van der Waals surface area (Å²) in [6.45, 7) is 2.99. The molecule has 4 rings (SSSR count). The van der Waals surface area contributed by atoms with E-state index < -0.39 is 0 Å². The Bertz CT molecular complexity index is 903. The van der Waals surface area contributed by atoms with Crippen molar-refractivity contribution in [3.8, 4) is 22.1 Å². The molecule has 0 aliphatic carbocycles. The third kappa shape index (κ3) is 4.21. The highest BCUT2D eigenvalue weighted by Crippen LogP contribution is 2.34. The van der Waals surface area contributed by atoms with E-state index >= 15 is 0 Å². The Kier molecular flexibility index (Phi) is 5.93. The maximum Gasteiger partial charge on any atom is 0.122 e. The second-order valence-corrected chi connectivity index (χ2v) is 8.10. The minimum absolute atomic E-state index is 0.562. The number of benzene rings is 1. The molecule has 28 heavy (non-hydrogen) atoms. The first kappa shape index (κ1) is 19.0. The second kappa shape index (κ2) is 8.76. The normalized spacial score (nSPS) is 15.5. The lowest BCUT2D eigenvalue weighted by molar-refractivity contribution is 0.201. The van der Waals surface area contributed by atoms with Crippen LogP contribution in [-0.4, -0.2) is 37.2 Å². The lowest BCUT2D eigenvalue weighted by atomic mass is 9.89. The van der Waals surface area contributed by atoms with Gasteiger partial charge in [-0.2, -0.15) is 0 Å². The number of hydrogen-bond acceptors (Lipinski definition) is 5. The molecule has 0 bridgehead atoms. The number of methoxy groups -OCH3 is 2. The van der Waals surface area contributed by atoms with Crippen LogP contribution in [0.1, 0.15) is 30.0 Å². The van der Waals surface area contributed by atoms with Crippen LogP contribution >= 0.6 is 11.3 Å². The van der Waals surface area contributed by atoms with Crippen molar-refractivity contribution in [3.63, 3.8) is 0 Å². The molecule has 146 valence electrons. The minimum atomic E-state index is 0.562. The number of likely N-dealkylation sites (tertiary alicyclic amines) is 1. The van der Waals surface area contributed by atoms with Gasteiger partial charge in [0.25, 0.3) is 0 Å². The number of piperidine rings is 1. The highest BCUT2D eigenvalue weighted by Gasteiger charge is 2.23. The zero-order valence-electron chi connectivity index (χ0n) is 16.4. The van der Waals surface area contributed by atoms with E-state index in [-0.39, 0.29) is 0 Å². The lowest BCUT2D eigenvalue weighted by Crippen LogP contribution is -2.32. The van der Waals surface area contributed by atoms with Crippen molar-refractivity contribution >= 4 is 11.3 Å². The Labute approximate surface area is 170 Å². The maximum atomic E-state index is 5.56. The summed E-state index contributed by atoms with van der Waals surface area (Å²) in [6.07, 6.45) is 2.28. The summed E-state index contributed by atoms with van der Waals surface area (Å²) in [5.41, 5.74) is 3.40. The molecular weight excluding hydrogens is 368 g/mol. The summed E-state index contributed by atoms with van der Waals surface area (Å²) < 4.78 is 11.1. The van der Waals surface area contributed by atoms with Crippen LogP contribution in [0.5, 0.6) is 11.5 Å². The van der Waals surface area contributed by atoms with E-state index in [9.17, 15) is 0 Å². The number of thiophene rings is 1. The molecule has 1 fully saturated rings. The van der Waals surface area contributed by atoms with Gasteiger partial charge in [-0.1, -0.05) is 24.3 Å². The molecule has 1 aliphatic heterocycles. The van der Waals surface area contributed by atoms with Crippen LogP contribution < -0.4 is 9.47 Å². The van der Waals surface area contributed by atoms with Crippen LogP contribution in [0.4, 0.5) is 0 Å². The molecule has 1 aromatic carbocycles. The van der Waals surface area contributed by atoms with Crippen LogP contribution in [0.3, 0.4) is 0 Å². The fourth-order valence-corrected chi connectivity index (χ4v) is 4.63. The first-order chi connectivity index (χ1) is 13.8. The molecule has 3 heterocycles. The predicted molar refractivity (Wildman–Crippen MR) is 114 cm³/mol. The molecule has 3 aromatic rings. The first-order valence-electron chi connectivity index (χ1n) is 9.71. The quantitative estimate of drug-likeness (QED) is 0.575. The Hall–Kier alpha value is -2.37. The fraction of sp³-hybridized carbons (Fsp3) is 0.348. The summed E-state index contributed by atoms with van der Waals surface area (Å²) in [5, 5.41) is 2.08. The molecule has 1 aliphatic rings. The molecule has 0 amide bonds. The number of aromatic nitrogens is 1. The van der Waals surface area contributed by atoms with Gasteiger partial charge in [0.05, 0.1) is 30.5 Å². The zero-order chi connectivity index (χ0) is 19.3. The Balaban J connectivity index is 1.44. The number of ether oxygens (including phenoxy) is 2. The van der Waals surface area contributed by atoms with Crippen LogP contribution in [0, 0.1) is 0 Å². The van der Waals surface area contributed by atoms with E-state index in [2.05, 4.69) is 46.7 Å². The molecule has 0 saturated carbocycles. The second-order valence-electron chi connectivity index (χ2n) is 7.15. The minimum Gasteiger partial charge on any atom is -0.497 e. The van der Waals surface area contributed by atoms with Crippen molar-refractivity contribution in [1.82, 2.24) is 9.88 Å².